The molecule has 0 spiro atoms. The van der Waals surface area contributed by atoms with E-state index in [1.807, 2.05) is 79.7 Å². The molecule has 0 fully saturated rings. The molecule has 0 atom stereocenters. The maximum atomic E-state index is 12.4. The first kappa shape index (κ1) is 20.7. The van der Waals surface area contributed by atoms with Gasteiger partial charge in [0.1, 0.15) is 18.2 Å². The van der Waals surface area contributed by atoms with Crippen LogP contribution in [0.1, 0.15) is 17.0 Å². The Bertz CT molecular complexity index is 1150. The van der Waals surface area contributed by atoms with Crippen molar-refractivity contribution in [3.05, 3.63) is 95.8 Å². The zero-order valence-electron chi connectivity index (χ0n) is 17.8. The second-order valence-corrected chi connectivity index (χ2v) is 7.53. The molecule has 1 amide bonds. The lowest BCUT2D eigenvalue weighted by Gasteiger charge is -2.11. The third-order valence-corrected chi connectivity index (χ3v) is 5.34. The van der Waals surface area contributed by atoms with Crippen LogP contribution in [0.5, 0.6) is 5.75 Å². The fourth-order valence-electron chi connectivity index (χ4n) is 3.69. The first-order chi connectivity index (χ1) is 15.2. The number of amides is 1. The lowest BCUT2D eigenvalue weighted by atomic mass is 10.1. The van der Waals surface area contributed by atoms with Crippen molar-refractivity contribution in [1.82, 2.24) is 14.9 Å². The van der Waals surface area contributed by atoms with Crippen molar-refractivity contribution in [3.8, 4) is 5.75 Å². The molecule has 5 nitrogen and oxygen atoms in total. The van der Waals surface area contributed by atoms with Gasteiger partial charge in [0, 0.05) is 13.0 Å². The van der Waals surface area contributed by atoms with Crippen LogP contribution in [0.2, 0.25) is 0 Å². The Morgan fingerprint density at radius 3 is 2.55 bits per heavy atom. The Morgan fingerprint density at radius 2 is 1.71 bits per heavy atom. The predicted octanol–water partition coefficient (Wildman–Crippen LogP) is 4.33. The molecule has 0 aliphatic heterocycles. The second kappa shape index (κ2) is 9.94. The van der Waals surface area contributed by atoms with Crippen molar-refractivity contribution in [2.24, 2.45) is 0 Å². The predicted molar refractivity (Wildman–Crippen MR) is 123 cm³/mol. The van der Waals surface area contributed by atoms with Gasteiger partial charge in [0.15, 0.2) is 0 Å². The minimum absolute atomic E-state index is 0.0318. The van der Waals surface area contributed by atoms with Crippen molar-refractivity contribution in [2.45, 2.75) is 26.3 Å². The van der Waals surface area contributed by atoms with Crippen LogP contribution in [0.4, 0.5) is 0 Å². The first-order valence-electron chi connectivity index (χ1n) is 10.6. The van der Waals surface area contributed by atoms with Gasteiger partial charge in [-0.1, -0.05) is 54.6 Å². The highest BCUT2D eigenvalue weighted by Crippen LogP contribution is 2.17. The van der Waals surface area contributed by atoms with E-state index in [0.29, 0.717) is 32.5 Å². The Kier molecular flexibility index (Phi) is 6.62. The molecule has 3 aromatic carbocycles. The van der Waals surface area contributed by atoms with Crippen LogP contribution in [0.3, 0.4) is 0 Å². The van der Waals surface area contributed by atoms with Crippen LogP contribution in [0.15, 0.2) is 78.9 Å². The summed E-state index contributed by atoms with van der Waals surface area (Å²) in [5.74, 6) is 1.84. The van der Waals surface area contributed by atoms with E-state index in [9.17, 15) is 4.79 Å². The van der Waals surface area contributed by atoms with Gasteiger partial charge in [0.2, 0.25) is 5.91 Å². The minimum Gasteiger partial charge on any atom is -0.492 e. The number of carbonyl (C=O) groups is 1. The number of para-hydroxylation sites is 3. The summed E-state index contributed by atoms with van der Waals surface area (Å²) >= 11 is 0. The van der Waals surface area contributed by atoms with E-state index in [-0.39, 0.29) is 5.91 Å². The van der Waals surface area contributed by atoms with Gasteiger partial charge in [-0.15, -0.1) is 0 Å². The van der Waals surface area contributed by atoms with Gasteiger partial charge in [0.25, 0.3) is 0 Å². The number of aryl methyl sites for hydroxylation is 1. The van der Waals surface area contributed by atoms with E-state index in [2.05, 4.69) is 16.0 Å². The second-order valence-electron chi connectivity index (χ2n) is 7.53. The number of carbonyl (C=O) groups excluding carboxylic acids is 1. The molecule has 0 radical (unpaired) electrons. The average Bonchev–Trinajstić information content (AvgIpc) is 3.14. The maximum Gasteiger partial charge on any atom is 0.224 e. The summed E-state index contributed by atoms with van der Waals surface area (Å²) in [5, 5.41) is 3.04. The van der Waals surface area contributed by atoms with Gasteiger partial charge in [-0.2, -0.15) is 0 Å². The molecular formula is C26H27N3O2. The van der Waals surface area contributed by atoms with Crippen molar-refractivity contribution in [3.63, 3.8) is 0 Å². The topological polar surface area (TPSA) is 56.2 Å². The summed E-state index contributed by atoms with van der Waals surface area (Å²) in [6.07, 6.45) is 1.06. The third kappa shape index (κ3) is 5.31. The summed E-state index contributed by atoms with van der Waals surface area (Å²) in [5.41, 5.74) is 4.24. The van der Waals surface area contributed by atoms with Gasteiger partial charge in [-0.3, -0.25) is 4.79 Å². The van der Waals surface area contributed by atoms with Crippen molar-refractivity contribution < 1.29 is 9.53 Å². The quantitative estimate of drug-likeness (QED) is 0.444. The summed E-state index contributed by atoms with van der Waals surface area (Å²) in [7, 11) is 0. The highest BCUT2D eigenvalue weighted by atomic mass is 16.5. The van der Waals surface area contributed by atoms with Gasteiger partial charge >= 0.3 is 0 Å². The molecular weight excluding hydrogens is 386 g/mol. The summed E-state index contributed by atoms with van der Waals surface area (Å²) in [6.45, 7) is 3.83. The van der Waals surface area contributed by atoms with Gasteiger partial charge in [-0.25, -0.2) is 4.98 Å². The van der Waals surface area contributed by atoms with E-state index in [1.54, 1.807) is 0 Å². The van der Waals surface area contributed by atoms with E-state index in [1.165, 1.54) is 0 Å². The monoisotopic (exact) mass is 413 g/mol. The van der Waals surface area contributed by atoms with E-state index < -0.39 is 0 Å². The van der Waals surface area contributed by atoms with Crippen LogP contribution in [0.25, 0.3) is 11.0 Å². The number of hydrogen-bond donors (Lipinski definition) is 1. The molecule has 31 heavy (non-hydrogen) atoms. The van der Waals surface area contributed by atoms with Crippen LogP contribution >= 0.6 is 0 Å². The smallest absolute Gasteiger partial charge is 0.224 e. The number of fused-ring (bicyclic) bond motifs is 1. The number of rotatable bonds is 9. The lowest BCUT2D eigenvalue weighted by Crippen LogP contribution is -2.28. The van der Waals surface area contributed by atoms with Crippen molar-refractivity contribution >= 4 is 16.9 Å². The fourth-order valence-corrected chi connectivity index (χ4v) is 3.69. The number of imidazole rings is 1. The number of aromatic nitrogens is 2. The van der Waals surface area contributed by atoms with Crippen LogP contribution < -0.4 is 10.1 Å². The molecule has 4 aromatic rings. The highest BCUT2D eigenvalue weighted by Gasteiger charge is 2.11. The van der Waals surface area contributed by atoms with E-state index in [0.717, 1.165) is 33.7 Å². The van der Waals surface area contributed by atoms with Gasteiger partial charge in [-0.05, 0) is 42.3 Å². The number of ether oxygens (including phenoxy) is 1. The third-order valence-electron chi connectivity index (χ3n) is 5.34. The molecule has 0 aliphatic carbocycles. The summed E-state index contributed by atoms with van der Waals surface area (Å²) < 4.78 is 8.07. The maximum absolute atomic E-state index is 12.4. The molecule has 4 rings (SSSR count). The molecule has 1 aromatic heterocycles. The Hall–Kier alpha value is -3.60. The van der Waals surface area contributed by atoms with E-state index >= 15 is 0 Å². The zero-order valence-corrected chi connectivity index (χ0v) is 17.8. The van der Waals surface area contributed by atoms with Crippen LogP contribution in [-0.4, -0.2) is 28.6 Å². The Labute approximate surface area is 182 Å². The SMILES string of the molecule is Cc1ccccc1CC(=O)NCCc1nc2ccccc2n1CCOc1ccccc1. The Balaban J connectivity index is 1.38. The minimum atomic E-state index is 0.0318. The molecule has 5 heteroatoms. The van der Waals surface area contributed by atoms with Crippen LogP contribution in [-0.2, 0) is 24.2 Å². The normalized spacial score (nSPS) is 10.9. The molecule has 0 aliphatic rings. The standard InChI is InChI=1S/C26H27N3O2/c1-20-9-5-6-10-21(20)19-26(30)27-16-15-25-28-23-13-7-8-14-24(23)29(25)17-18-31-22-11-3-2-4-12-22/h2-14H,15-19H2,1H3,(H,27,30). The van der Waals surface area contributed by atoms with Crippen molar-refractivity contribution in [2.75, 3.05) is 13.2 Å². The molecule has 158 valence electrons. The lowest BCUT2D eigenvalue weighted by molar-refractivity contribution is -0.120. The zero-order chi connectivity index (χ0) is 21.5. The number of nitrogens with one attached hydrogen (secondary N) is 1. The number of hydrogen-bond acceptors (Lipinski definition) is 3. The van der Waals surface area contributed by atoms with E-state index in [4.69, 9.17) is 9.72 Å². The molecule has 0 saturated heterocycles. The molecule has 0 unspecified atom stereocenters. The fraction of sp³-hybridized carbons (Fsp3) is 0.231. The largest absolute Gasteiger partial charge is 0.492 e. The highest BCUT2D eigenvalue weighted by molar-refractivity contribution is 5.79. The first-order valence-corrected chi connectivity index (χ1v) is 10.6. The number of benzene rings is 3. The molecule has 0 bridgehead atoms. The molecule has 1 N–H and O–H groups in total. The van der Waals surface area contributed by atoms with Gasteiger partial charge < -0.3 is 14.6 Å². The molecule has 1 heterocycles. The molecule has 0 saturated carbocycles. The van der Waals surface area contributed by atoms with Gasteiger partial charge in [0.05, 0.1) is 24.0 Å². The number of nitrogens with zero attached hydrogens (tertiary/aromatic N) is 2. The summed E-state index contributed by atoms with van der Waals surface area (Å²) in [6, 6.07) is 25.9. The van der Waals surface area contributed by atoms with Crippen LogP contribution in [0, 0.1) is 6.92 Å². The summed E-state index contributed by atoms with van der Waals surface area (Å²) in [4.78, 5) is 17.2. The van der Waals surface area contributed by atoms with Crippen molar-refractivity contribution in [1.29, 1.82) is 0 Å². The average molecular weight is 414 g/mol. The Morgan fingerprint density at radius 1 is 0.968 bits per heavy atom.